The molecule has 0 aromatic heterocycles. The third kappa shape index (κ3) is 6.61. The molecule has 41 heavy (non-hydrogen) atoms. The van der Waals surface area contributed by atoms with E-state index in [1.165, 1.54) is 10.5 Å². The summed E-state index contributed by atoms with van der Waals surface area (Å²) < 4.78 is 7.91. The van der Waals surface area contributed by atoms with Crippen molar-refractivity contribution in [2.45, 2.75) is 65.9 Å². The van der Waals surface area contributed by atoms with Gasteiger partial charge in [-0.05, 0) is 91.6 Å². The maximum atomic E-state index is 13.6. The van der Waals surface area contributed by atoms with Gasteiger partial charge in [0.05, 0.1) is 5.56 Å². The average Bonchev–Trinajstić information content (AvgIpc) is 3.04. The molecule has 2 amide bonds. The maximum Gasteiger partial charge on any atom is 0.338 e. The van der Waals surface area contributed by atoms with E-state index >= 15 is 0 Å². The summed E-state index contributed by atoms with van der Waals surface area (Å²) in [5.74, 6) is -0.284. The number of carbonyl (C=O) groups excluding carboxylic acids is 3. The minimum atomic E-state index is -0.430. The van der Waals surface area contributed by atoms with Gasteiger partial charge in [0, 0.05) is 28.6 Å². The number of amides is 2. The molecule has 0 saturated heterocycles. The first-order valence-corrected chi connectivity index (χ1v) is 16.0. The Bertz CT molecular complexity index is 1350. The predicted octanol–water partition coefficient (Wildman–Crippen LogP) is 8.48. The zero-order valence-corrected chi connectivity index (χ0v) is 27.5. The molecule has 5 unspecified atom stereocenters. The van der Waals surface area contributed by atoms with Gasteiger partial charge in [0.15, 0.2) is 0 Å². The van der Waals surface area contributed by atoms with E-state index in [-0.39, 0.29) is 30.2 Å². The Kier molecular flexibility index (Phi) is 10.1. The number of imide groups is 1. The van der Waals surface area contributed by atoms with Gasteiger partial charge in [-0.25, -0.2) is 4.79 Å². The summed E-state index contributed by atoms with van der Waals surface area (Å²) in [7, 11) is 0. The van der Waals surface area contributed by atoms with Crippen LogP contribution in [0.25, 0.3) is 0 Å². The van der Waals surface area contributed by atoms with Gasteiger partial charge in [0.2, 0.25) is 0 Å². The normalized spacial score (nSPS) is 28.5. The van der Waals surface area contributed by atoms with Crippen LogP contribution in [0, 0.1) is 23.2 Å². The maximum absolute atomic E-state index is 13.6. The lowest BCUT2D eigenvalue weighted by Gasteiger charge is -2.54. The Morgan fingerprint density at radius 3 is 2.71 bits per heavy atom. The smallest absolute Gasteiger partial charge is 0.338 e. The van der Waals surface area contributed by atoms with E-state index < -0.39 is 11.5 Å². The van der Waals surface area contributed by atoms with Crippen molar-refractivity contribution in [3.8, 4) is 0 Å². The Morgan fingerprint density at radius 2 is 2.05 bits per heavy atom. The highest BCUT2D eigenvalue weighted by molar-refractivity contribution is 9.11. The van der Waals surface area contributed by atoms with Crippen molar-refractivity contribution in [3.63, 3.8) is 0 Å². The fraction of sp³-hybridized carbons (Fsp3) is 0.441. The molecule has 1 aliphatic heterocycles. The topological polar surface area (TPSA) is 63.7 Å². The summed E-state index contributed by atoms with van der Waals surface area (Å²) in [6, 6.07) is 7.25. The number of allylic oxidation sites excluding steroid dienone is 5. The summed E-state index contributed by atoms with van der Waals surface area (Å²) in [6.45, 7) is 12.4. The Balaban J connectivity index is 1.72. The second-order valence-corrected chi connectivity index (χ2v) is 13.8. The molecule has 5 nitrogen and oxygen atoms in total. The second-order valence-electron chi connectivity index (χ2n) is 11.6. The first-order chi connectivity index (χ1) is 19.5. The van der Waals surface area contributed by atoms with Gasteiger partial charge in [-0.3, -0.25) is 14.5 Å². The van der Waals surface area contributed by atoms with Crippen LogP contribution in [0.5, 0.6) is 0 Å². The molecule has 0 spiro atoms. The second kappa shape index (κ2) is 13.2. The molecule has 1 aromatic rings. The van der Waals surface area contributed by atoms with Gasteiger partial charge in [0.25, 0.3) is 11.8 Å². The van der Waals surface area contributed by atoms with Crippen molar-refractivity contribution < 1.29 is 19.1 Å². The van der Waals surface area contributed by atoms with Crippen LogP contribution >= 0.6 is 31.9 Å². The number of ether oxygens (including phenoxy) is 1. The quantitative estimate of drug-likeness (QED) is 0.125. The summed E-state index contributed by atoms with van der Waals surface area (Å²) in [5, 5.41) is 0. The summed E-state index contributed by atoms with van der Waals surface area (Å²) in [6.07, 6.45) is 12.8. The number of benzene rings is 1. The summed E-state index contributed by atoms with van der Waals surface area (Å²) in [5.41, 5.74) is 2.80. The zero-order chi connectivity index (χ0) is 29.9. The standard InChI is InChI=1S/C34H39Br2NO4/c1-6-9-23(18-22(4)35)32(39)37-16-15-34(5)25(20-30(37)38)13-14-28-27(10-7-2)21(3)17-29(31(28)34)41-33(40)24-11-8-12-26(36)19-24/h6,8-9,11-12,17-20,27-29,31H,1,7,10,13-16H2,2-5H3. The first-order valence-electron chi connectivity index (χ1n) is 14.4. The summed E-state index contributed by atoms with van der Waals surface area (Å²) in [4.78, 5) is 41.8. The molecule has 0 radical (unpaired) electrons. The van der Waals surface area contributed by atoms with E-state index in [0.717, 1.165) is 40.2 Å². The monoisotopic (exact) mass is 683 g/mol. The van der Waals surface area contributed by atoms with Crippen LogP contribution in [0.3, 0.4) is 0 Å². The number of halogens is 2. The van der Waals surface area contributed by atoms with Crippen LogP contribution in [0.15, 0.2) is 86.9 Å². The number of hydrogen-bond donors (Lipinski definition) is 0. The minimum Gasteiger partial charge on any atom is -0.454 e. The predicted molar refractivity (Wildman–Crippen MR) is 170 cm³/mol. The number of nitrogens with zero attached hydrogens (tertiary/aromatic N) is 1. The van der Waals surface area contributed by atoms with E-state index in [2.05, 4.69) is 65.3 Å². The molecule has 7 heteroatoms. The van der Waals surface area contributed by atoms with Crippen molar-refractivity contribution >= 4 is 49.6 Å². The van der Waals surface area contributed by atoms with Gasteiger partial charge in [0.1, 0.15) is 6.10 Å². The van der Waals surface area contributed by atoms with Gasteiger partial charge in [-0.1, -0.05) is 88.1 Å². The lowest BCUT2D eigenvalue weighted by molar-refractivity contribution is -0.139. The number of fused-ring (bicyclic) bond motifs is 3. The summed E-state index contributed by atoms with van der Waals surface area (Å²) >= 11 is 6.86. The first kappa shape index (κ1) is 31.4. The van der Waals surface area contributed by atoms with E-state index in [0.29, 0.717) is 29.4 Å². The van der Waals surface area contributed by atoms with Gasteiger partial charge < -0.3 is 4.74 Å². The molecular weight excluding hydrogens is 646 g/mol. The molecule has 1 aromatic carbocycles. The van der Waals surface area contributed by atoms with Gasteiger partial charge >= 0.3 is 5.97 Å². The van der Waals surface area contributed by atoms with Crippen molar-refractivity contribution in [1.82, 2.24) is 4.90 Å². The lowest BCUT2D eigenvalue weighted by atomic mass is 9.51. The molecule has 1 heterocycles. The van der Waals surface area contributed by atoms with Crippen molar-refractivity contribution in [3.05, 3.63) is 92.5 Å². The Hall–Kier alpha value is -2.51. The number of hydrogen-bond acceptors (Lipinski definition) is 4. The zero-order valence-electron chi connectivity index (χ0n) is 24.3. The van der Waals surface area contributed by atoms with Crippen molar-refractivity contribution in [2.75, 3.05) is 6.54 Å². The Labute approximate surface area is 260 Å². The van der Waals surface area contributed by atoms with Gasteiger partial charge in [-0.15, -0.1) is 0 Å². The molecule has 2 aliphatic carbocycles. The average molecular weight is 685 g/mol. The van der Waals surface area contributed by atoms with Crippen LogP contribution in [0.4, 0.5) is 0 Å². The highest BCUT2D eigenvalue weighted by atomic mass is 79.9. The third-order valence-corrected chi connectivity index (χ3v) is 9.75. The van der Waals surface area contributed by atoms with E-state index in [4.69, 9.17) is 4.74 Å². The fourth-order valence-corrected chi connectivity index (χ4v) is 7.79. The van der Waals surface area contributed by atoms with E-state index in [1.807, 2.05) is 19.1 Å². The molecule has 218 valence electrons. The fourth-order valence-electron chi connectivity index (χ4n) is 7.15. The largest absolute Gasteiger partial charge is 0.454 e. The third-order valence-electron chi connectivity index (χ3n) is 9.03. The highest BCUT2D eigenvalue weighted by Gasteiger charge is 2.54. The molecule has 0 N–H and O–H groups in total. The van der Waals surface area contributed by atoms with E-state index in [9.17, 15) is 14.4 Å². The van der Waals surface area contributed by atoms with Crippen molar-refractivity contribution in [2.24, 2.45) is 23.2 Å². The SMILES string of the molecule is C=CC=C(C=C(C)Br)C(=O)N1CCC2(C)C(=CC1=O)CCC1C(CCC)C(C)=CC(OC(=O)c3cccc(Br)c3)C12. The Morgan fingerprint density at radius 1 is 1.29 bits per heavy atom. The molecule has 3 aliphatic rings. The molecular formula is C34H39Br2NO4. The molecule has 4 rings (SSSR count). The van der Waals surface area contributed by atoms with Crippen molar-refractivity contribution in [1.29, 1.82) is 0 Å². The number of esters is 1. The van der Waals surface area contributed by atoms with Crippen LogP contribution < -0.4 is 0 Å². The van der Waals surface area contributed by atoms with Crippen LogP contribution in [-0.4, -0.2) is 35.3 Å². The van der Waals surface area contributed by atoms with Gasteiger partial charge in [-0.2, -0.15) is 0 Å². The van der Waals surface area contributed by atoms with Crippen LogP contribution in [0.2, 0.25) is 0 Å². The number of rotatable bonds is 7. The van der Waals surface area contributed by atoms with Crippen LogP contribution in [-0.2, 0) is 14.3 Å². The van der Waals surface area contributed by atoms with Crippen LogP contribution in [0.1, 0.15) is 70.2 Å². The minimum absolute atomic E-state index is 0.00502. The molecule has 5 atom stereocenters. The highest BCUT2D eigenvalue weighted by Crippen LogP contribution is 2.58. The molecule has 0 bridgehead atoms. The number of carbonyl (C=O) groups is 3. The lowest BCUT2D eigenvalue weighted by Crippen LogP contribution is -2.51. The van der Waals surface area contributed by atoms with E-state index in [1.54, 1.807) is 36.4 Å². The molecule has 1 saturated carbocycles. The molecule has 1 fully saturated rings.